The van der Waals surface area contributed by atoms with E-state index in [0.29, 0.717) is 30.2 Å². The molecule has 0 saturated carbocycles. The lowest BCUT2D eigenvalue weighted by molar-refractivity contribution is 0.0376. The monoisotopic (exact) mass is 590 g/mol. The molecule has 0 aliphatic carbocycles. The summed E-state index contributed by atoms with van der Waals surface area (Å²) in [7, 11) is -3.74. The Morgan fingerprint density at radius 1 is 1.02 bits per heavy atom. The quantitative estimate of drug-likeness (QED) is 0.286. The predicted molar refractivity (Wildman–Crippen MR) is 164 cm³/mol. The van der Waals surface area contributed by atoms with Gasteiger partial charge in [0.2, 0.25) is 0 Å². The maximum absolute atomic E-state index is 13.9. The van der Waals surface area contributed by atoms with Crippen molar-refractivity contribution in [3.8, 4) is 0 Å². The van der Waals surface area contributed by atoms with Crippen LogP contribution in [-0.4, -0.2) is 70.1 Å². The topological polar surface area (TPSA) is 83.0 Å². The van der Waals surface area contributed by atoms with E-state index in [-0.39, 0.29) is 10.8 Å². The highest BCUT2D eigenvalue weighted by atomic mass is 32.2. The number of benzene rings is 3. The van der Waals surface area contributed by atoms with E-state index in [0.717, 1.165) is 71.9 Å². The van der Waals surface area contributed by atoms with Crippen molar-refractivity contribution < 1.29 is 17.9 Å². The molecule has 4 aromatic rings. The van der Waals surface area contributed by atoms with Crippen LogP contribution in [0.25, 0.3) is 10.2 Å². The molecule has 214 valence electrons. The van der Waals surface area contributed by atoms with E-state index in [1.54, 1.807) is 29.2 Å². The van der Waals surface area contributed by atoms with Crippen molar-refractivity contribution >= 4 is 48.3 Å². The molecule has 41 heavy (non-hydrogen) atoms. The Labute approximate surface area is 245 Å². The van der Waals surface area contributed by atoms with Crippen molar-refractivity contribution in [3.63, 3.8) is 0 Å². The number of rotatable bonds is 8. The maximum atomic E-state index is 13.9. The summed E-state index contributed by atoms with van der Waals surface area (Å²) >= 11 is 1.53. The van der Waals surface area contributed by atoms with Gasteiger partial charge in [-0.15, -0.1) is 0 Å². The Bertz CT molecular complexity index is 1680. The lowest BCUT2D eigenvalue weighted by atomic mass is 10.1. The minimum atomic E-state index is -3.74. The molecule has 3 aromatic carbocycles. The molecule has 6 rings (SSSR count). The molecule has 0 atom stereocenters. The van der Waals surface area contributed by atoms with Crippen LogP contribution in [0.3, 0.4) is 0 Å². The lowest BCUT2D eigenvalue weighted by Gasteiger charge is -2.27. The van der Waals surface area contributed by atoms with Gasteiger partial charge in [0.25, 0.3) is 15.9 Å². The van der Waals surface area contributed by atoms with Crippen LogP contribution in [0.2, 0.25) is 0 Å². The first-order valence-electron chi connectivity index (χ1n) is 14.0. The zero-order valence-electron chi connectivity index (χ0n) is 23.4. The average molecular weight is 591 g/mol. The number of hydrogen-bond donors (Lipinski definition) is 0. The zero-order valence-corrected chi connectivity index (χ0v) is 25.0. The molecule has 10 heteroatoms. The molecular formula is C31H34N4O4S2. The van der Waals surface area contributed by atoms with E-state index < -0.39 is 10.0 Å². The van der Waals surface area contributed by atoms with Crippen molar-refractivity contribution in [1.29, 1.82) is 0 Å². The second-order valence-electron chi connectivity index (χ2n) is 10.7. The molecule has 1 saturated heterocycles. The third kappa shape index (κ3) is 5.61. The van der Waals surface area contributed by atoms with E-state index in [2.05, 4.69) is 24.0 Å². The fourth-order valence-electron chi connectivity index (χ4n) is 5.65. The Morgan fingerprint density at radius 2 is 1.78 bits per heavy atom. The van der Waals surface area contributed by atoms with Crippen LogP contribution in [-0.2, 0) is 21.2 Å². The van der Waals surface area contributed by atoms with Crippen molar-refractivity contribution in [2.45, 2.75) is 31.6 Å². The SMILES string of the molecule is Cc1cc(C)c2sc(N(CCCN3CCOCC3)C(=O)c3ccc(S(=O)(=O)N4CCc5ccccc54)cc3)nc2c1. The van der Waals surface area contributed by atoms with E-state index >= 15 is 0 Å². The summed E-state index contributed by atoms with van der Waals surface area (Å²) in [5.74, 6) is -0.184. The maximum Gasteiger partial charge on any atom is 0.264 e. The van der Waals surface area contributed by atoms with Crippen LogP contribution < -0.4 is 9.21 Å². The normalized spacial score (nSPS) is 15.8. The van der Waals surface area contributed by atoms with Gasteiger partial charge in [0.15, 0.2) is 5.13 Å². The summed E-state index contributed by atoms with van der Waals surface area (Å²) in [6.07, 6.45) is 1.48. The van der Waals surface area contributed by atoms with Crippen molar-refractivity contribution in [3.05, 3.63) is 82.9 Å². The smallest absolute Gasteiger partial charge is 0.264 e. The van der Waals surface area contributed by atoms with Gasteiger partial charge in [-0.05, 0) is 79.8 Å². The van der Waals surface area contributed by atoms with E-state index in [4.69, 9.17) is 9.72 Å². The molecule has 0 unspecified atom stereocenters. The fourth-order valence-corrected chi connectivity index (χ4v) is 8.20. The molecule has 1 aromatic heterocycles. The van der Waals surface area contributed by atoms with Crippen LogP contribution in [0, 0.1) is 13.8 Å². The zero-order chi connectivity index (χ0) is 28.6. The molecule has 0 bridgehead atoms. The first kappa shape index (κ1) is 27.8. The first-order valence-corrected chi connectivity index (χ1v) is 16.3. The van der Waals surface area contributed by atoms with Gasteiger partial charge in [-0.1, -0.05) is 35.6 Å². The van der Waals surface area contributed by atoms with Crippen LogP contribution in [0.1, 0.15) is 33.5 Å². The van der Waals surface area contributed by atoms with Crippen LogP contribution in [0.4, 0.5) is 10.8 Å². The summed E-state index contributed by atoms with van der Waals surface area (Å²) in [4.78, 5) is 23.1. The van der Waals surface area contributed by atoms with Gasteiger partial charge in [-0.25, -0.2) is 13.4 Å². The van der Waals surface area contributed by atoms with Crippen molar-refractivity contribution in [1.82, 2.24) is 9.88 Å². The van der Waals surface area contributed by atoms with Crippen molar-refractivity contribution in [2.24, 2.45) is 0 Å². The Kier molecular flexibility index (Phi) is 7.82. The number of sulfonamides is 1. The van der Waals surface area contributed by atoms with Crippen molar-refractivity contribution in [2.75, 3.05) is 55.1 Å². The summed E-state index contributed by atoms with van der Waals surface area (Å²) in [5, 5.41) is 0.658. The van der Waals surface area contributed by atoms with Crippen LogP contribution in [0.5, 0.6) is 0 Å². The van der Waals surface area contributed by atoms with Crippen LogP contribution in [0.15, 0.2) is 65.6 Å². The highest BCUT2D eigenvalue weighted by molar-refractivity contribution is 7.92. The number of thiazole rings is 1. The minimum absolute atomic E-state index is 0.177. The summed E-state index contributed by atoms with van der Waals surface area (Å²) < 4.78 is 35.0. The lowest BCUT2D eigenvalue weighted by Crippen LogP contribution is -2.39. The Balaban J connectivity index is 1.26. The predicted octanol–water partition coefficient (Wildman–Crippen LogP) is 5.03. The Morgan fingerprint density at radius 3 is 2.56 bits per heavy atom. The van der Waals surface area contributed by atoms with Gasteiger partial charge in [0.05, 0.1) is 34.0 Å². The standard InChI is InChI=1S/C31H34N4O4S2/c1-22-20-23(2)29-27(21-22)32-31(40-29)34(14-5-13-33-16-18-39-19-17-33)30(36)25-8-10-26(11-9-25)41(37,38)35-15-12-24-6-3-4-7-28(24)35/h3-4,6-11,20-21H,5,12-19H2,1-2H3. The number of hydrogen-bond acceptors (Lipinski definition) is 7. The van der Waals surface area contributed by atoms with E-state index in [1.165, 1.54) is 15.6 Å². The molecule has 3 heterocycles. The summed E-state index contributed by atoms with van der Waals surface area (Å²) in [5.41, 5.74) is 5.35. The molecule has 2 aliphatic rings. The summed E-state index contributed by atoms with van der Waals surface area (Å²) in [6.45, 7) is 9.16. The third-order valence-electron chi connectivity index (χ3n) is 7.78. The molecule has 0 N–H and O–H groups in total. The molecule has 0 spiro atoms. The molecule has 0 radical (unpaired) electrons. The number of carbonyl (C=O) groups excluding carboxylic acids is 1. The number of morpholine rings is 1. The average Bonchev–Trinajstić information content (AvgIpc) is 3.61. The van der Waals surface area contributed by atoms with Gasteiger partial charge in [-0.3, -0.25) is 18.9 Å². The number of amides is 1. The fraction of sp³-hybridized carbons (Fsp3) is 0.355. The van der Waals surface area contributed by atoms with Crippen LogP contribution >= 0.6 is 11.3 Å². The highest BCUT2D eigenvalue weighted by Crippen LogP contribution is 2.34. The molecular weight excluding hydrogens is 556 g/mol. The van der Waals surface area contributed by atoms with Gasteiger partial charge < -0.3 is 4.74 Å². The Hall–Kier alpha value is -3.31. The number of ether oxygens (including phenoxy) is 1. The number of aryl methyl sites for hydroxylation is 2. The van der Waals surface area contributed by atoms with Gasteiger partial charge >= 0.3 is 0 Å². The molecule has 1 amide bonds. The number of fused-ring (bicyclic) bond motifs is 2. The minimum Gasteiger partial charge on any atom is -0.379 e. The summed E-state index contributed by atoms with van der Waals surface area (Å²) in [6, 6.07) is 18.1. The van der Waals surface area contributed by atoms with Gasteiger partial charge in [0.1, 0.15) is 0 Å². The second kappa shape index (κ2) is 11.5. The number of para-hydroxylation sites is 1. The van der Waals surface area contributed by atoms with E-state index in [1.807, 2.05) is 31.2 Å². The number of carbonyl (C=O) groups is 1. The third-order valence-corrected chi connectivity index (χ3v) is 10.8. The van der Waals surface area contributed by atoms with E-state index in [9.17, 15) is 13.2 Å². The number of nitrogens with zero attached hydrogens (tertiary/aromatic N) is 4. The largest absolute Gasteiger partial charge is 0.379 e. The second-order valence-corrected chi connectivity index (χ2v) is 13.5. The molecule has 1 fully saturated rings. The van der Waals surface area contributed by atoms with Gasteiger partial charge in [0, 0.05) is 38.3 Å². The number of anilines is 2. The number of aromatic nitrogens is 1. The molecule has 8 nitrogen and oxygen atoms in total. The molecule has 2 aliphatic heterocycles. The van der Waals surface area contributed by atoms with Gasteiger partial charge in [-0.2, -0.15) is 0 Å². The first-order chi connectivity index (χ1) is 19.8. The highest BCUT2D eigenvalue weighted by Gasteiger charge is 2.31.